The van der Waals surface area contributed by atoms with Gasteiger partial charge in [0.05, 0.1) is 18.7 Å². The Kier molecular flexibility index (Phi) is 6.21. The highest BCUT2D eigenvalue weighted by Crippen LogP contribution is 2.17. The molecule has 6 heteroatoms. The van der Waals surface area contributed by atoms with Crippen molar-refractivity contribution in [1.29, 1.82) is 0 Å². The molecule has 19 heavy (non-hydrogen) atoms. The Morgan fingerprint density at radius 3 is 2.84 bits per heavy atom. The molecule has 1 rings (SSSR count). The van der Waals surface area contributed by atoms with Crippen molar-refractivity contribution >= 4 is 28.3 Å². The van der Waals surface area contributed by atoms with E-state index in [9.17, 15) is 9.59 Å². The molecular formula is C13H18N2O3S. The number of hydrogen-bond donors (Lipinski definition) is 1. The molecule has 0 aliphatic rings. The van der Waals surface area contributed by atoms with Gasteiger partial charge in [-0.25, -0.2) is 4.98 Å². The van der Waals surface area contributed by atoms with Crippen molar-refractivity contribution in [1.82, 2.24) is 4.98 Å². The van der Waals surface area contributed by atoms with Gasteiger partial charge in [-0.1, -0.05) is 13.0 Å². The van der Waals surface area contributed by atoms with Gasteiger partial charge in [0.15, 0.2) is 5.13 Å². The highest BCUT2D eigenvalue weighted by Gasteiger charge is 2.10. The summed E-state index contributed by atoms with van der Waals surface area (Å²) in [4.78, 5) is 27.2. The molecule has 0 radical (unpaired) electrons. The van der Waals surface area contributed by atoms with Crippen LogP contribution in [0.15, 0.2) is 17.0 Å². The van der Waals surface area contributed by atoms with Crippen LogP contribution in [-0.4, -0.2) is 23.5 Å². The number of carbonyl (C=O) groups excluding carboxylic acids is 2. The average Bonchev–Trinajstić information content (AvgIpc) is 2.77. The van der Waals surface area contributed by atoms with E-state index in [0.717, 1.165) is 6.42 Å². The lowest BCUT2D eigenvalue weighted by molar-refractivity contribution is -0.142. The second kappa shape index (κ2) is 7.68. The van der Waals surface area contributed by atoms with Crippen molar-refractivity contribution in [3.63, 3.8) is 0 Å². The Labute approximate surface area is 116 Å². The number of aromatic nitrogens is 1. The summed E-state index contributed by atoms with van der Waals surface area (Å²) < 4.78 is 4.84. The van der Waals surface area contributed by atoms with Crippen molar-refractivity contribution < 1.29 is 14.3 Å². The second-order valence-electron chi connectivity index (χ2n) is 3.88. The lowest BCUT2D eigenvalue weighted by Crippen LogP contribution is -2.13. The number of allylic oxidation sites excluding steroid dienone is 1. The molecule has 0 saturated heterocycles. The quantitative estimate of drug-likeness (QED) is 0.643. The van der Waals surface area contributed by atoms with E-state index in [1.807, 2.05) is 13.0 Å². The molecule has 1 amide bonds. The third kappa shape index (κ3) is 5.21. The number of nitrogens with one attached hydrogen (secondary N) is 1. The summed E-state index contributed by atoms with van der Waals surface area (Å²) >= 11 is 1.30. The van der Waals surface area contributed by atoms with Gasteiger partial charge < -0.3 is 4.74 Å². The van der Waals surface area contributed by atoms with Crippen LogP contribution in [0.4, 0.5) is 5.13 Å². The Morgan fingerprint density at radius 2 is 2.21 bits per heavy atom. The minimum atomic E-state index is -0.312. The molecule has 1 aromatic rings. The number of carbonyl (C=O) groups is 2. The monoisotopic (exact) mass is 282 g/mol. The number of hydrogen-bond acceptors (Lipinski definition) is 5. The maximum absolute atomic E-state index is 11.7. The molecule has 0 saturated carbocycles. The highest BCUT2D eigenvalue weighted by molar-refractivity contribution is 7.14. The maximum Gasteiger partial charge on any atom is 0.311 e. The lowest BCUT2D eigenvalue weighted by Gasteiger charge is -2.01. The summed E-state index contributed by atoms with van der Waals surface area (Å²) in [5.74, 6) is -0.480. The van der Waals surface area contributed by atoms with Crippen LogP contribution in [0.3, 0.4) is 0 Å². The van der Waals surface area contributed by atoms with Crippen LogP contribution in [0.2, 0.25) is 0 Å². The molecule has 1 aromatic heterocycles. The van der Waals surface area contributed by atoms with Crippen LogP contribution in [0, 0.1) is 0 Å². The molecule has 104 valence electrons. The largest absolute Gasteiger partial charge is 0.466 e. The zero-order valence-electron chi connectivity index (χ0n) is 11.4. The maximum atomic E-state index is 11.7. The molecule has 1 heterocycles. The van der Waals surface area contributed by atoms with Crippen molar-refractivity contribution in [2.75, 3.05) is 11.9 Å². The first-order valence-electron chi connectivity index (χ1n) is 6.15. The smallest absolute Gasteiger partial charge is 0.311 e. The predicted molar refractivity (Wildman–Crippen MR) is 75.1 cm³/mol. The lowest BCUT2D eigenvalue weighted by atomic mass is 10.2. The van der Waals surface area contributed by atoms with E-state index in [-0.39, 0.29) is 18.3 Å². The molecule has 0 bridgehead atoms. The summed E-state index contributed by atoms with van der Waals surface area (Å²) in [7, 11) is 0. The first-order chi connectivity index (χ1) is 9.06. The Hall–Kier alpha value is -1.69. The Morgan fingerprint density at radius 1 is 1.47 bits per heavy atom. The first kappa shape index (κ1) is 15.4. The highest BCUT2D eigenvalue weighted by atomic mass is 32.1. The first-order valence-corrected chi connectivity index (χ1v) is 7.02. The summed E-state index contributed by atoms with van der Waals surface area (Å²) in [5.41, 5.74) is 1.26. The van der Waals surface area contributed by atoms with Crippen LogP contribution in [0.25, 0.3) is 0 Å². The van der Waals surface area contributed by atoms with Gasteiger partial charge in [0.25, 0.3) is 5.91 Å². The molecule has 0 atom stereocenters. The van der Waals surface area contributed by atoms with Crippen LogP contribution >= 0.6 is 11.3 Å². The van der Waals surface area contributed by atoms with Gasteiger partial charge >= 0.3 is 5.97 Å². The van der Waals surface area contributed by atoms with Crippen LogP contribution < -0.4 is 5.32 Å². The van der Waals surface area contributed by atoms with Crippen molar-refractivity contribution in [2.45, 2.75) is 33.6 Å². The Balaban J connectivity index is 2.58. The number of nitrogens with zero attached hydrogens (tertiary/aromatic N) is 1. The third-order valence-corrected chi connectivity index (χ3v) is 3.08. The van der Waals surface area contributed by atoms with E-state index in [1.54, 1.807) is 19.2 Å². The van der Waals surface area contributed by atoms with Crippen LogP contribution in [0.1, 0.15) is 32.9 Å². The number of ether oxygens (including phenoxy) is 1. The summed E-state index contributed by atoms with van der Waals surface area (Å²) in [6.07, 6.45) is 2.79. The zero-order chi connectivity index (χ0) is 14.3. The number of thiazole rings is 1. The normalized spacial score (nSPS) is 11.2. The minimum Gasteiger partial charge on any atom is -0.466 e. The van der Waals surface area contributed by atoms with Crippen molar-refractivity contribution in [3.05, 3.63) is 22.7 Å². The fourth-order valence-corrected chi connectivity index (χ4v) is 2.11. The molecule has 0 fully saturated rings. The summed E-state index contributed by atoms with van der Waals surface area (Å²) in [6, 6.07) is 0. The molecule has 0 aromatic carbocycles. The predicted octanol–water partition coefficient (Wildman–Crippen LogP) is 2.54. The van der Waals surface area contributed by atoms with Gasteiger partial charge in [-0.2, -0.15) is 0 Å². The third-order valence-electron chi connectivity index (χ3n) is 2.27. The number of rotatable bonds is 6. The van der Waals surface area contributed by atoms with Gasteiger partial charge in [0.2, 0.25) is 0 Å². The van der Waals surface area contributed by atoms with E-state index in [0.29, 0.717) is 23.0 Å². The molecule has 0 spiro atoms. The van der Waals surface area contributed by atoms with E-state index in [4.69, 9.17) is 4.74 Å². The van der Waals surface area contributed by atoms with E-state index < -0.39 is 0 Å². The van der Waals surface area contributed by atoms with Gasteiger partial charge in [-0.3, -0.25) is 14.9 Å². The molecule has 5 nitrogen and oxygen atoms in total. The van der Waals surface area contributed by atoms with Gasteiger partial charge in [0, 0.05) is 11.0 Å². The minimum absolute atomic E-state index is 0.129. The molecule has 0 unspecified atom stereocenters. The fourth-order valence-electron chi connectivity index (χ4n) is 1.40. The van der Waals surface area contributed by atoms with E-state index >= 15 is 0 Å². The van der Waals surface area contributed by atoms with Crippen molar-refractivity contribution in [3.8, 4) is 0 Å². The topological polar surface area (TPSA) is 68.3 Å². The van der Waals surface area contributed by atoms with E-state index in [2.05, 4.69) is 10.3 Å². The summed E-state index contributed by atoms with van der Waals surface area (Å²) in [5, 5.41) is 4.94. The number of amides is 1. The molecule has 0 aliphatic carbocycles. The van der Waals surface area contributed by atoms with Crippen molar-refractivity contribution in [2.24, 2.45) is 0 Å². The van der Waals surface area contributed by atoms with Crippen LogP contribution in [-0.2, 0) is 20.7 Å². The Bertz CT molecular complexity index is 480. The van der Waals surface area contributed by atoms with Gasteiger partial charge in [0.1, 0.15) is 0 Å². The summed E-state index contributed by atoms with van der Waals surface area (Å²) in [6.45, 7) is 5.84. The molecular weight excluding hydrogens is 264 g/mol. The molecule has 0 aliphatic heterocycles. The SMILES string of the molecule is CC/C=C(\C)C(=O)Nc1nc(CC(=O)OCC)cs1. The number of esters is 1. The second-order valence-corrected chi connectivity index (χ2v) is 4.73. The standard InChI is InChI=1S/C13H18N2O3S/c1-4-6-9(3)12(17)15-13-14-10(8-19-13)7-11(16)18-5-2/h6,8H,4-5,7H2,1-3H3,(H,14,15,17)/b9-6+. The van der Waals surface area contributed by atoms with Gasteiger partial charge in [-0.05, 0) is 20.3 Å². The fraction of sp³-hybridized carbons (Fsp3) is 0.462. The zero-order valence-corrected chi connectivity index (χ0v) is 12.2. The van der Waals surface area contributed by atoms with Crippen LogP contribution in [0.5, 0.6) is 0 Å². The molecule has 1 N–H and O–H groups in total. The average molecular weight is 282 g/mol. The van der Waals surface area contributed by atoms with Gasteiger partial charge in [-0.15, -0.1) is 11.3 Å². The van der Waals surface area contributed by atoms with E-state index in [1.165, 1.54) is 11.3 Å². The number of anilines is 1.